The molecule has 0 bridgehead atoms. The van der Waals surface area contributed by atoms with Crippen molar-refractivity contribution < 1.29 is 14.3 Å². The zero-order valence-corrected chi connectivity index (χ0v) is 13.6. The van der Waals surface area contributed by atoms with Crippen molar-refractivity contribution in [2.75, 3.05) is 45.2 Å². The molecular weight excluding hydrogens is 294 g/mol. The van der Waals surface area contributed by atoms with E-state index in [1.165, 1.54) is 6.42 Å². The van der Waals surface area contributed by atoms with E-state index in [-0.39, 0.29) is 18.4 Å². The number of nitrogens with zero attached hydrogens (tertiary/aromatic N) is 1. The first-order chi connectivity index (χ1) is 11.2. The second-order valence-electron chi connectivity index (χ2n) is 5.59. The molecule has 2 amide bonds. The standard InChI is InChI=1S/C17H25N3O3/c1-23-12-9-18-17(22)14-7-3-4-8-15(14)19-13-16(21)20-10-5-2-6-11-20/h3-4,7-8,19H,2,5-6,9-13H2,1H3,(H,18,22). The van der Waals surface area contributed by atoms with Crippen LogP contribution in [0, 0.1) is 0 Å². The fourth-order valence-corrected chi connectivity index (χ4v) is 2.62. The fraction of sp³-hybridized carbons (Fsp3) is 0.529. The van der Waals surface area contributed by atoms with Gasteiger partial charge in [-0.25, -0.2) is 0 Å². The van der Waals surface area contributed by atoms with Crippen molar-refractivity contribution in [2.24, 2.45) is 0 Å². The molecule has 23 heavy (non-hydrogen) atoms. The molecule has 0 radical (unpaired) electrons. The molecule has 1 aromatic rings. The number of ether oxygens (including phenoxy) is 1. The summed E-state index contributed by atoms with van der Waals surface area (Å²) in [7, 11) is 1.59. The lowest BCUT2D eigenvalue weighted by Gasteiger charge is -2.27. The van der Waals surface area contributed by atoms with Crippen LogP contribution in [0.25, 0.3) is 0 Å². The number of amides is 2. The van der Waals surface area contributed by atoms with E-state index in [4.69, 9.17) is 4.74 Å². The molecule has 1 aliphatic rings. The van der Waals surface area contributed by atoms with E-state index in [0.717, 1.165) is 25.9 Å². The summed E-state index contributed by atoms with van der Waals surface area (Å²) in [5.74, 6) is -0.0881. The molecule has 0 aliphatic carbocycles. The first-order valence-electron chi connectivity index (χ1n) is 8.10. The highest BCUT2D eigenvalue weighted by molar-refractivity contribution is 6.00. The van der Waals surface area contributed by atoms with E-state index in [0.29, 0.717) is 24.4 Å². The van der Waals surface area contributed by atoms with Crippen molar-refractivity contribution in [2.45, 2.75) is 19.3 Å². The van der Waals surface area contributed by atoms with Gasteiger partial charge in [-0.1, -0.05) is 12.1 Å². The van der Waals surface area contributed by atoms with Crippen LogP contribution < -0.4 is 10.6 Å². The number of anilines is 1. The van der Waals surface area contributed by atoms with Crippen molar-refractivity contribution in [3.63, 3.8) is 0 Å². The largest absolute Gasteiger partial charge is 0.383 e. The van der Waals surface area contributed by atoms with Crippen molar-refractivity contribution >= 4 is 17.5 Å². The number of rotatable bonds is 7. The van der Waals surface area contributed by atoms with Crippen molar-refractivity contribution in [3.05, 3.63) is 29.8 Å². The molecule has 1 saturated heterocycles. The van der Waals surface area contributed by atoms with Gasteiger partial charge in [0.05, 0.1) is 18.7 Å². The Kier molecular flexibility index (Phi) is 6.87. The lowest BCUT2D eigenvalue weighted by Crippen LogP contribution is -2.39. The minimum absolute atomic E-state index is 0.0827. The third-order valence-electron chi connectivity index (χ3n) is 3.90. The maximum atomic E-state index is 12.2. The molecule has 0 saturated carbocycles. The summed E-state index contributed by atoms with van der Waals surface area (Å²) in [5.41, 5.74) is 1.21. The number of hydrogen-bond donors (Lipinski definition) is 2. The van der Waals surface area contributed by atoms with E-state index in [9.17, 15) is 9.59 Å². The summed E-state index contributed by atoms with van der Waals surface area (Å²) in [4.78, 5) is 26.3. The third-order valence-corrected chi connectivity index (χ3v) is 3.90. The Morgan fingerprint density at radius 2 is 1.91 bits per heavy atom. The first-order valence-corrected chi connectivity index (χ1v) is 8.10. The van der Waals surface area contributed by atoms with Gasteiger partial charge in [-0.15, -0.1) is 0 Å². The molecular formula is C17H25N3O3. The molecule has 2 rings (SSSR count). The zero-order valence-electron chi connectivity index (χ0n) is 13.6. The van der Waals surface area contributed by atoms with E-state index in [2.05, 4.69) is 10.6 Å². The topological polar surface area (TPSA) is 70.7 Å². The van der Waals surface area contributed by atoms with Crippen LogP contribution in [0.1, 0.15) is 29.6 Å². The number of piperidine rings is 1. The molecule has 1 heterocycles. The summed E-state index contributed by atoms with van der Waals surface area (Å²) in [6.07, 6.45) is 3.34. The monoisotopic (exact) mass is 319 g/mol. The Morgan fingerprint density at radius 3 is 2.65 bits per heavy atom. The Balaban J connectivity index is 1.91. The van der Waals surface area contributed by atoms with Gasteiger partial charge in [0.1, 0.15) is 0 Å². The SMILES string of the molecule is COCCNC(=O)c1ccccc1NCC(=O)N1CCCCC1. The number of nitrogens with one attached hydrogen (secondary N) is 2. The predicted octanol–water partition coefficient (Wildman–Crippen LogP) is 1.49. The smallest absolute Gasteiger partial charge is 0.253 e. The number of carbonyl (C=O) groups excluding carboxylic acids is 2. The van der Waals surface area contributed by atoms with Gasteiger partial charge in [-0.3, -0.25) is 9.59 Å². The third kappa shape index (κ3) is 5.25. The number of carbonyl (C=O) groups is 2. The quantitative estimate of drug-likeness (QED) is 0.747. The van der Waals surface area contributed by atoms with Gasteiger partial charge in [0.15, 0.2) is 0 Å². The van der Waals surface area contributed by atoms with E-state index in [1.54, 1.807) is 13.2 Å². The Labute approximate surface area is 137 Å². The van der Waals surface area contributed by atoms with E-state index >= 15 is 0 Å². The van der Waals surface area contributed by atoms with Gasteiger partial charge in [0.25, 0.3) is 5.91 Å². The molecule has 2 N–H and O–H groups in total. The minimum atomic E-state index is -0.171. The molecule has 0 spiro atoms. The normalized spacial score (nSPS) is 14.4. The number of benzene rings is 1. The second kappa shape index (κ2) is 9.15. The highest BCUT2D eigenvalue weighted by Crippen LogP contribution is 2.15. The zero-order chi connectivity index (χ0) is 16.5. The highest BCUT2D eigenvalue weighted by Gasteiger charge is 2.17. The lowest BCUT2D eigenvalue weighted by molar-refractivity contribution is -0.130. The molecule has 1 aliphatic heterocycles. The number of para-hydroxylation sites is 1. The van der Waals surface area contributed by atoms with Crippen molar-refractivity contribution in [1.29, 1.82) is 0 Å². The Hall–Kier alpha value is -2.08. The summed E-state index contributed by atoms with van der Waals surface area (Å²) >= 11 is 0. The molecule has 6 heteroatoms. The van der Waals surface area contributed by atoms with Gasteiger partial charge >= 0.3 is 0 Å². The number of methoxy groups -OCH3 is 1. The van der Waals surface area contributed by atoms with Crippen LogP contribution in [0.15, 0.2) is 24.3 Å². The van der Waals surface area contributed by atoms with Crippen LogP contribution in [-0.4, -0.2) is 56.6 Å². The van der Waals surface area contributed by atoms with E-state index in [1.807, 2.05) is 23.1 Å². The van der Waals surface area contributed by atoms with Crippen LogP contribution in [-0.2, 0) is 9.53 Å². The second-order valence-corrected chi connectivity index (χ2v) is 5.59. The molecule has 1 fully saturated rings. The van der Waals surface area contributed by atoms with Crippen LogP contribution in [0.5, 0.6) is 0 Å². The average molecular weight is 319 g/mol. The van der Waals surface area contributed by atoms with E-state index < -0.39 is 0 Å². The molecule has 6 nitrogen and oxygen atoms in total. The van der Waals surface area contributed by atoms with Gasteiger partial charge in [0.2, 0.25) is 5.91 Å². The Morgan fingerprint density at radius 1 is 1.17 bits per heavy atom. The summed E-state index contributed by atoms with van der Waals surface area (Å²) in [6.45, 7) is 2.80. The molecule has 0 unspecified atom stereocenters. The minimum Gasteiger partial charge on any atom is -0.383 e. The summed E-state index contributed by atoms with van der Waals surface area (Å²) < 4.78 is 4.92. The molecule has 0 atom stereocenters. The Bertz CT molecular complexity index is 528. The van der Waals surface area contributed by atoms with Gasteiger partial charge in [-0.05, 0) is 31.4 Å². The number of likely N-dealkylation sites (tertiary alicyclic amines) is 1. The molecule has 0 aromatic heterocycles. The summed E-state index contributed by atoms with van der Waals surface area (Å²) in [5, 5.41) is 5.89. The van der Waals surface area contributed by atoms with Gasteiger partial charge < -0.3 is 20.3 Å². The van der Waals surface area contributed by atoms with Crippen LogP contribution in [0.3, 0.4) is 0 Å². The molecule has 1 aromatic carbocycles. The predicted molar refractivity (Wildman–Crippen MR) is 89.6 cm³/mol. The maximum absolute atomic E-state index is 12.2. The van der Waals surface area contributed by atoms with Crippen molar-refractivity contribution in [3.8, 4) is 0 Å². The highest BCUT2D eigenvalue weighted by atomic mass is 16.5. The van der Waals surface area contributed by atoms with Crippen molar-refractivity contribution in [1.82, 2.24) is 10.2 Å². The first kappa shape index (κ1) is 17.3. The summed E-state index contributed by atoms with van der Waals surface area (Å²) in [6, 6.07) is 7.22. The fourth-order valence-electron chi connectivity index (χ4n) is 2.62. The van der Waals surface area contributed by atoms with Gasteiger partial charge in [0, 0.05) is 32.4 Å². The number of hydrogen-bond acceptors (Lipinski definition) is 4. The van der Waals surface area contributed by atoms with Crippen LogP contribution in [0.2, 0.25) is 0 Å². The van der Waals surface area contributed by atoms with Gasteiger partial charge in [-0.2, -0.15) is 0 Å². The van der Waals surface area contributed by atoms with Crippen LogP contribution in [0.4, 0.5) is 5.69 Å². The lowest BCUT2D eigenvalue weighted by atomic mass is 10.1. The average Bonchev–Trinajstić information content (AvgIpc) is 2.60. The van der Waals surface area contributed by atoms with Crippen LogP contribution >= 0.6 is 0 Å². The molecule has 126 valence electrons. The maximum Gasteiger partial charge on any atom is 0.253 e.